The van der Waals surface area contributed by atoms with Gasteiger partial charge < -0.3 is 10.4 Å². The van der Waals surface area contributed by atoms with Crippen molar-refractivity contribution in [1.29, 1.82) is 0 Å². The van der Waals surface area contributed by atoms with Gasteiger partial charge in [0.25, 0.3) is 0 Å². The number of carbonyl (C=O) groups excluding carboxylic acids is 1. The number of nitrogens with one attached hydrogen (secondary N) is 1. The summed E-state index contributed by atoms with van der Waals surface area (Å²) in [5.74, 6) is -1.07. The minimum Gasteiger partial charge on any atom is -0.478 e. The first kappa shape index (κ1) is 13.8. The third-order valence-electron chi connectivity index (χ3n) is 2.77. The monoisotopic (exact) mass is 273 g/mol. The SMILES string of the molecule is O=C(Cn1cccn1)NCCc1cccc(C(=O)O)c1. The topological polar surface area (TPSA) is 84.2 Å². The van der Waals surface area contributed by atoms with E-state index in [0.29, 0.717) is 13.0 Å². The molecular weight excluding hydrogens is 258 g/mol. The number of benzene rings is 1. The Morgan fingerprint density at radius 2 is 2.15 bits per heavy atom. The lowest BCUT2D eigenvalue weighted by molar-refractivity contribution is -0.121. The Hall–Kier alpha value is -2.63. The lowest BCUT2D eigenvalue weighted by Crippen LogP contribution is -2.29. The van der Waals surface area contributed by atoms with Crippen LogP contribution in [0.25, 0.3) is 0 Å². The van der Waals surface area contributed by atoms with Gasteiger partial charge in [0, 0.05) is 18.9 Å². The highest BCUT2D eigenvalue weighted by molar-refractivity contribution is 5.87. The predicted molar refractivity (Wildman–Crippen MR) is 72.3 cm³/mol. The highest BCUT2D eigenvalue weighted by Crippen LogP contribution is 2.05. The Kier molecular flexibility index (Phi) is 4.49. The zero-order valence-corrected chi connectivity index (χ0v) is 10.8. The summed E-state index contributed by atoms with van der Waals surface area (Å²) in [6, 6.07) is 8.45. The van der Waals surface area contributed by atoms with E-state index in [-0.39, 0.29) is 18.0 Å². The van der Waals surface area contributed by atoms with E-state index in [9.17, 15) is 9.59 Å². The molecule has 20 heavy (non-hydrogen) atoms. The second-order valence-electron chi connectivity index (χ2n) is 4.31. The molecule has 0 unspecified atom stereocenters. The molecule has 1 aromatic carbocycles. The van der Waals surface area contributed by atoms with Crippen LogP contribution in [-0.2, 0) is 17.8 Å². The molecule has 2 aromatic rings. The highest BCUT2D eigenvalue weighted by Gasteiger charge is 2.05. The molecule has 2 rings (SSSR count). The minimum absolute atomic E-state index is 0.122. The smallest absolute Gasteiger partial charge is 0.335 e. The molecule has 6 nitrogen and oxygen atoms in total. The van der Waals surface area contributed by atoms with Crippen LogP contribution in [0, 0.1) is 0 Å². The van der Waals surface area contributed by atoms with Crippen molar-refractivity contribution < 1.29 is 14.7 Å². The summed E-state index contributed by atoms with van der Waals surface area (Å²) >= 11 is 0. The molecular formula is C14H15N3O3. The zero-order chi connectivity index (χ0) is 14.4. The molecule has 0 bridgehead atoms. The van der Waals surface area contributed by atoms with Crippen LogP contribution in [0.4, 0.5) is 0 Å². The van der Waals surface area contributed by atoms with Crippen molar-refractivity contribution in [2.24, 2.45) is 0 Å². The van der Waals surface area contributed by atoms with Crippen molar-refractivity contribution >= 4 is 11.9 Å². The lowest BCUT2D eigenvalue weighted by atomic mass is 10.1. The third kappa shape index (κ3) is 3.94. The third-order valence-corrected chi connectivity index (χ3v) is 2.77. The Balaban J connectivity index is 1.79. The largest absolute Gasteiger partial charge is 0.478 e. The maximum atomic E-state index is 11.6. The summed E-state index contributed by atoms with van der Waals surface area (Å²) in [7, 11) is 0. The first-order chi connectivity index (χ1) is 9.65. The molecule has 0 aliphatic rings. The van der Waals surface area contributed by atoms with E-state index in [1.54, 1.807) is 41.3 Å². The summed E-state index contributed by atoms with van der Waals surface area (Å²) in [5.41, 5.74) is 1.13. The fourth-order valence-corrected chi connectivity index (χ4v) is 1.80. The van der Waals surface area contributed by atoms with E-state index < -0.39 is 5.97 Å². The molecule has 2 N–H and O–H groups in total. The average Bonchev–Trinajstić information content (AvgIpc) is 2.92. The number of aromatic carboxylic acids is 1. The number of carboxylic acids is 1. The fraction of sp³-hybridized carbons (Fsp3) is 0.214. The van der Waals surface area contributed by atoms with Crippen LogP contribution < -0.4 is 5.32 Å². The molecule has 1 aromatic heterocycles. The van der Waals surface area contributed by atoms with Crippen molar-refractivity contribution in [3.8, 4) is 0 Å². The van der Waals surface area contributed by atoms with E-state index in [2.05, 4.69) is 10.4 Å². The molecule has 0 saturated carbocycles. The summed E-state index contributed by atoms with van der Waals surface area (Å²) < 4.78 is 1.54. The average molecular weight is 273 g/mol. The molecule has 0 fully saturated rings. The number of carbonyl (C=O) groups is 2. The van der Waals surface area contributed by atoms with Crippen LogP contribution in [0.15, 0.2) is 42.7 Å². The van der Waals surface area contributed by atoms with Crippen molar-refractivity contribution in [2.75, 3.05) is 6.54 Å². The quantitative estimate of drug-likeness (QED) is 0.820. The number of rotatable bonds is 6. The van der Waals surface area contributed by atoms with Gasteiger partial charge in [-0.15, -0.1) is 0 Å². The van der Waals surface area contributed by atoms with Crippen LogP contribution in [0.1, 0.15) is 15.9 Å². The summed E-state index contributed by atoms with van der Waals surface area (Å²) in [6.45, 7) is 0.644. The van der Waals surface area contributed by atoms with Gasteiger partial charge >= 0.3 is 5.97 Å². The first-order valence-corrected chi connectivity index (χ1v) is 6.21. The number of hydrogen-bond acceptors (Lipinski definition) is 3. The lowest BCUT2D eigenvalue weighted by Gasteiger charge is -2.06. The summed E-state index contributed by atoms with van der Waals surface area (Å²) in [5, 5.41) is 15.6. The predicted octanol–water partition coefficient (Wildman–Crippen LogP) is 0.940. The van der Waals surface area contributed by atoms with E-state index in [1.807, 2.05) is 6.07 Å². The molecule has 0 saturated heterocycles. The van der Waals surface area contributed by atoms with Crippen LogP contribution >= 0.6 is 0 Å². The standard InChI is InChI=1S/C14H15N3O3/c18-13(10-17-8-2-6-16-17)15-7-5-11-3-1-4-12(9-11)14(19)20/h1-4,6,8-9H,5,7,10H2,(H,15,18)(H,19,20). The number of nitrogens with zero attached hydrogens (tertiary/aromatic N) is 2. The van der Waals surface area contributed by atoms with Gasteiger partial charge in [-0.1, -0.05) is 12.1 Å². The minimum atomic E-state index is -0.949. The van der Waals surface area contributed by atoms with Crippen LogP contribution in [0.5, 0.6) is 0 Å². The Bertz CT molecular complexity index is 593. The Labute approximate surface area is 116 Å². The molecule has 6 heteroatoms. The zero-order valence-electron chi connectivity index (χ0n) is 10.8. The van der Waals surface area contributed by atoms with Crippen molar-refractivity contribution in [3.05, 3.63) is 53.9 Å². The van der Waals surface area contributed by atoms with E-state index in [4.69, 9.17) is 5.11 Å². The van der Waals surface area contributed by atoms with Gasteiger partial charge in [-0.3, -0.25) is 9.48 Å². The second-order valence-corrected chi connectivity index (χ2v) is 4.31. The molecule has 0 atom stereocenters. The van der Waals surface area contributed by atoms with Crippen molar-refractivity contribution in [2.45, 2.75) is 13.0 Å². The first-order valence-electron chi connectivity index (χ1n) is 6.21. The number of aromatic nitrogens is 2. The van der Waals surface area contributed by atoms with Gasteiger partial charge in [0.05, 0.1) is 5.56 Å². The van der Waals surface area contributed by atoms with E-state index in [0.717, 1.165) is 5.56 Å². The molecule has 0 aliphatic heterocycles. The fourth-order valence-electron chi connectivity index (χ4n) is 1.80. The maximum absolute atomic E-state index is 11.6. The number of amides is 1. The van der Waals surface area contributed by atoms with Crippen LogP contribution in [-0.4, -0.2) is 33.3 Å². The molecule has 1 amide bonds. The molecule has 0 aliphatic carbocycles. The maximum Gasteiger partial charge on any atom is 0.335 e. The Morgan fingerprint density at radius 1 is 1.30 bits per heavy atom. The summed E-state index contributed by atoms with van der Waals surface area (Å²) in [6.07, 6.45) is 3.92. The van der Waals surface area contributed by atoms with Gasteiger partial charge in [0.2, 0.25) is 5.91 Å². The molecule has 104 valence electrons. The molecule has 0 spiro atoms. The van der Waals surface area contributed by atoms with E-state index >= 15 is 0 Å². The number of carboxylic acid groups (broad SMARTS) is 1. The molecule has 0 radical (unpaired) electrons. The van der Waals surface area contributed by atoms with Gasteiger partial charge in [0.1, 0.15) is 6.54 Å². The van der Waals surface area contributed by atoms with Gasteiger partial charge in [0.15, 0.2) is 0 Å². The summed E-state index contributed by atoms with van der Waals surface area (Å²) in [4.78, 5) is 22.4. The van der Waals surface area contributed by atoms with Gasteiger partial charge in [-0.05, 0) is 30.2 Å². The Morgan fingerprint density at radius 3 is 2.85 bits per heavy atom. The van der Waals surface area contributed by atoms with Crippen molar-refractivity contribution in [1.82, 2.24) is 15.1 Å². The number of hydrogen-bond donors (Lipinski definition) is 2. The van der Waals surface area contributed by atoms with E-state index in [1.165, 1.54) is 0 Å². The second kappa shape index (κ2) is 6.51. The van der Waals surface area contributed by atoms with Crippen LogP contribution in [0.3, 0.4) is 0 Å². The highest BCUT2D eigenvalue weighted by atomic mass is 16.4. The van der Waals surface area contributed by atoms with Crippen molar-refractivity contribution in [3.63, 3.8) is 0 Å². The van der Waals surface area contributed by atoms with Gasteiger partial charge in [-0.2, -0.15) is 5.10 Å². The molecule has 1 heterocycles. The normalized spacial score (nSPS) is 10.2. The van der Waals surface area contributed by atoms with Gasteiger partial charge in [-0.25, -0.2) is 4.79 Å². The van der Waals surface area contributed by atoms with Crippen LogP contribution in [0.2, 0.25) is 0 Å².